The maximum atomic E-state index is 11.4. The van der Waals surface area contributed by atoms with Gasteiger partial charge in [0.2, 0.25) is 0 Å². The fourth-order valence-electron chi connectivity index (χ4n) is 1.69. The molecule has 0 aliphatic heterocycles. The van der Waals surface area contributed by atoms with Gasteiger partial charge in [-0.25, -0.2) is 9.59 Å². The molecular formula is C12H19NO5. The number of hydrogen-bond donors (Lipinski definition) is 3. The second-order valence-corrected chi connectivity index (χ2v) is 5.33. The molecule has 1 unspecified atom stereocenters. The molecule has 0 spiro atoms. The minimum atomic E-state index is -1.03. The Balaban J connectivity index is 2.38. The van der Waals surface area contributed by atoms with Crippen molar-refractivity contribution in [1.82, 2.24) is 5.32 Å². The van der Waals surface area contributed by atoms with Crippen molar-refractivity contribution in [1.29, 1.82) is 0 Å². The first-order valence-corrected chi connectivity index (χ1v) is 5.78. The van der Waals surface area contributed by atoms with Crippen molar-refractivity contribution >= 4 is 12.1 Å². The van der Waals surface area contributed by atoms with E-state index >= 15 is 0 Å². The number of aliphatic hydroxyl groups excluding tert-OH is 1. The molecule has 0 aromatic heterocycles. The number of amides is 1. The van der Waals surface area contributed by atoms with Gasteiger partial charge in [-0.15, -0.1) is 0 Å². The molecule has 3 N–H and O–H groups in total. The fourth-order valence-corrected chi connectivity index (χ4v) is 1.69. The van der Waals surface area contributed by atoms with E-state index in [4.69, 9.17) is 9.84 Å². The van der Waals surface area contributed by atoms with Crippen LogP contribution in [0.2, 0.25) is 0 Å². The number of carboxylic acid groups (broad SMARTS) is 1. The summed E-state index contributed by atoms with van der Waals surface area (Å²) in [6.45, 7) is 5.44. The lowest BCUT2D eigenvalue weighted by Crippen LogP contribution is -2.37. The minimum absolute atomic E-state index is 0.179. The van der Waals surface area contributed by atoms with E-state index in [0.29, 0.717) is 0 Å². The molecule has 2 atom stereocenters. The van der Waals surface area contributed by atoms with Crippen LogP contribution in [0, 0.1) is 5.92 Å². The number of alkyl carbamates (subject to hydrolysis) is 1. The molecule has 1 amide bonds. The van der Waals surface area contributed by atoms with Gasteiger partial charge in [-0.3, -0.25) is 0 Å². The largest absolute Gasteiger partial charge is 0.478 e. The number of hydrogen-bond acceptors (Lipinski definition) is 4. The third-order valence-electron chi connectivity index (χ3n) is 2.52. The zero-order valence-corrected chi connectivity index (χ0v) is 10.8. The molecule has 1 aliphatic carbocycles. The molecule has 0 aromatic carbocycles. The summed E-state index contributed by atoms with van der Waals surface area (Å²) in [5.41, 5.74) is -0.401. The number of carbonyl (C=O) groups excluding carboxylic acids is 1. The first-order chi connectivity index (χ1) is 8.19. The number of carbonyl (C=O) groups is 2. The first-order valence-electron chi connectivity index (χ1n) is 5.78. The summed E-state index contributed by atoms with van der Waals surface area (Å²) >= 11 is 0. The van der Waals surface area contributed by atoms with Gasteiger partial charge in [-0.1, -0.05) is 0 Å². The molecule has 0 bridgehead atoms. The van der Waals surface area contributed by atoms with E-state index in [1.165, 1.54) is 6.08 Å². The molecule has 0 aromatic rings. The van der Waals surface area contributed by atoms with Crippen molar-refractivity contribution in [2.45, 2.75) is 38.9 Å². The van der Waals surface area contributed by atoms with Crippen molar-refractivity contribution in [2.75, 3.05) is 6.54 Å². The molecule has 102 valence electrons. The molecule has 6 nitrogen and oxygen atoms in total. The number of ether oxygens (including phenoxy) is 1. The highest BCUT2D eigenvalue weighted by Gasteiger charge is 2.29. The Morgan fingerprint density at radius 2 is 2.11 bits per heavy atom. The number of aliphatic hydroxyl groups is 1. The van der Waals surface area contributed by atoms with Crippen molar-refractivity contribution in [3.05, 3.63) is 11.6 Å². The molecule has 0 radical (unpaired) electrons. The average Bonchev–Trinajstić information content (AvgIpc) is 2.54. The van der Waals surface area contributed by atoms with Crippen LogP contribution in [-0.2, 0) is 9.53 Å². The highest BCUT2D eigenvalue weighted by Crippen LogP contribution is 2.25. The molecule has 0 heterocycles. The van der Waals surface area contributed by atoms with Crippen LogP contribution in [0.5, 0.6) is 0 Å². The van der Waals surface area contributed by atoms with Crippen LogP contribution in [0.1, 0.15) is 27.2 Å². The lowest BCUT2D eigenvalue weighted by atomic mass is 10.0. The van der Waals surface area contributed by atoms with Crippen LogP contribution in [0.15, 0.2) is 11.6 Å². The van der Waals surface area contributed by atoms with E-state index in [-0.39, 0.29) is 24.5 Å². The van der Waals surface area contributed by atoms with E-state index in [2.05, 4.69) is 5.32 Å². The number of carboxylic acids is 1. The summed E-state index contributed by atoms with van der Waals surface area (Å²) < 4.78 is 5.04. The van der Waals surface area contributed by atoms with Crippen LogP contribution in [0.25, 0.3) is 0 Å². The molecule has 0 fully saturated rings. The standard InChI is InChI=1S/C12H19NO5/c1-12(2,3)18-11(17)13-6-8-4-7(10(15)16)5-9(8)14/h5,8-9,14H,4,6H2,1-3H3,(H,13,17)(H,15,16)/t8?,9-/m1/s1. The van der Waals surface area contributed by atoms with E-state index in [0.717, 1.165) is 0 Å². The van der Waals surface area contributed by atoms with Gasteiger partial charge in [0.25, 0.3) is 0 Å². The lowest BCUT2D eigenvalue weighted by Gasteiger charge is -2.21. The van der Waals surface area contributed by atoms with Crippen molar-refractivity contribution in [3.8, 4) is 0 Å². The van der Waals surface area contributed by atoms with Gasteiger partial charge < -0.3 is 20.3 Å². The summed E-state index contributed by atoms with van der Waals surface area (Å²) in [5.74, 6) is -1.35. The Hall–Kier alpha value is -1.56. The van der Waals surface area contributed by atoms with E-state index in [9.17, 15) is 14.7 Å². The Morgan fingerprint density at radius 1 is 1.50 bits per heavy atom. The third-order valence-corrected chi connectivity index (χ3v) is 2.52. The van der Waals surface area contributed by atoms with Crippen molar-refractivity contribution in [2.24, 2.45) is 5.92 Å². The summed E-state index contributed by atoms with van der Waals surface area (Å²) in [4.78, 5) is 22.1. The topological polar surface area (TPSA) is 95.9 Å². The second-order valence-electron chi connectivity index (χ2n) is 5.33. The number of nitrogens with one attached hydrogen (secondary N) is 1. The van der Waals surface area contributed by atoms with Gasteiger partial charge in [0, 0.05) is 18.0 Å². The van der Waals surface area contributed by atoms with E-state index in [1.54, 1.807) is 20.8 Å². The monoisotopic (exact) mass is 257 g/mol. The highest BCUT2D eigenvalue weighted by molar-refractivity contribution is 5.87. The Bertz CT molecular complexity index is 369. The molecule has 1 aliphatic rings. The molecule has 0 saturated carbocycles. The lowest BCUT2D eigenvalue weighted by molar-refractivity contribution is -0.132. The smallest absolute Gasteiger partial charge is 0.407 e. The summed E-state index contributed by atoms with van der Waals surface area (Å²) in [7, 11) is 0. The number of aliphatic carboxylic acids is 1. The van der Waals surface area contributed by atoms with Gasteiger partial charge in [0.1, 0.15) is 5.60 Å². The second kappa shape index (κ2) is 5.39. The van der Waals surface area contributed by atoms with Crippen molar-refractivity contribution < 1.29 is 24.5 Å². The molecule has 0 saturated heterocycles. The zero-order chi connectivity index (χ0) is 13.9. The first kappa shape index (κ1) is 14.5. The Morgan fingerprint density at radius 3 is 2.56 bits per heavy atom. The van der Waals surface area contributed by atoms with Gasteiger partial charge in [-0.05, 0) is 33.3 Å². The van der Waals surface area contributed by atoms with Crippen molar-refractivity contribution in [3.63, 3.8) is 0 Å². The zero-order valence-electron chi connectivity index (χ0n) is 10.8. The number of rotatable bonds is 3. The predicted octanol–water partition coefficient (Wildman–Crippen LogP) is 0.903. The van der Waals surface area contributed by atoms with Crippen LogP contribution < -0.4 is 5.32 Å². The minimum Gasteiger partial charge on any atom is -0.478 e. The Labute approximate surface area is 106 Å². The average molecular weight is 257 g/mol. The summed E-state index contributed by atoms with van der Waals surface area (Å²) in [6, 6.07) is 0. The molecule has 18 heavy (non-hydrogen) atoms. The van der Waals surface area contributed by atoms with Crippen LogP contribution in [-0.4, -0.2) is 40.5 Å². The quantitative estimate of drug-likeness (QED) is 0.698. The predicted molar refractivity (Wildman–Crippen MR) is 64.1 cm³/mol. The molecular weight excluding hydrogens is 238 g/mol. The van der Waals surface area contributed by atoms with Gasteiger partial charge in [0.05, 0.1) is 6.10 Å². The van der Waals surface area contributed by atoms with Crippen LogP contribution in [0.3, 0.4) is 0 Å². The SMILES string of the molecule is CC(C)(C)OC(=O)NCC1CC(C(=O)O)=C[C@H]1O. The maximum absolute atomic E-state index is 11.4. The molecule has 1 rings (SSSR count). The highest BCUT2D eigenvalue weighted by atomic mass is 16.6. The van der Waals surface area contributed by atoms with E-state index in [1.807, 2.05) is 0 Å². The third kappa shape index (κ3) is 4.37. The van der Waals surface area contributed by atoms with Crippen LogP contribution in [0.4, 0.5) is 4.79 Å². The van der Waals surface area contributed by atoms with Crippen LogP contribution >= 0.6 is 0 Å². The van der Waals surface area contributed by atoms with Gasteiger partial charge >= 0.3 is 12.1 Å². The Kier molecular flexibility index (Phi) is 4.34. The molecule has 6 heteroatoms. The summed E-state index contributed by atoms with van der Waals surface area (Å²) in [6.07, 6.45) is 0.139. The van der Waals surface area contributed by atoms with E-state index < -0.39 is 23.8 Å². The maximum Gasteiger partial charge on any atom is 0.407 e. The van der Waals surface area contributed by atoms with Gasteiger partial charge in [0.15, 0.2) is 0 Å². The van der Waals surface area contributed by atoms with Gasteiger partial charge in [-0.2, -0.15) is 0 Å². The normalized spacial score (nSPS) is 23.4. The fraction of sp³-hybridized carbons (Fsp3) is 0.667. The summed E-state index contributed by atoms with van der Waals surface area (Å²) in [5, 5.41) is 20.9.